The van der Waals surface area contributed by atoms with Gasteiger partial charge >= 0.3 is 0 Å². The van der Waals surface area contributed by atoms with Crippen LogP contribution in [0.15, 0.2) is 23.2 Å². The summed E-state index contributed by atoms with van der Waals surface area (Å²) in [5.41, 5.74) is 2.79. The zero-order valence-electron chi connectivity index (χ0n) is 14.3. The van der Waals surface area contributed by atoms with E-state index >= 15 is 0 Å². The van der Waals surface area contributed by atoms with Gasteiger partial charge in [0, 0.05) is 26.7 Å². The number of aliphatic imine (C=N–C) groups is 1. The summed E-state index contributed by atoms with van der Waals surface area (Å²) in [5, 5.41) is 3.47. The molecule has 0 amide bonds. The van der Waals surface area contributed by atoms with Gasteiger partial charge in [-0.1, -0.05) is 26.0 Å². The van der Waals surface area contributed by atoms with E-state index in [4.69, 9.17) is 4.74 Å². The topological polar surface area (TPSA) is 36.9 Å². The molecule has 1 fully saturated rings. The quantitative estimate of drug-likeness (QED) is 0.465. The number of methoxy groups -OCH3 is 1. The van der Waals surface area contributed by atoms with E-state index in [0.29, 0.717) is 5.41 Å². The van der Waals surface area contributed by atoms with Gasteiger partial charge < -0.3 is 15.0 Å². The first-order chi connectivity index (χ1) is 9.95. The van der Waals surface area contributed by atoms with Crippen LogP contribution in [0.4, 0.5) is 0 Å². The Balaban J connectivity index is 0.00000242. The first kappa shape index (κ1) is 19.1. The summed E-state index contributed by atoms with van der Waals surface area (Å²) in [6, 6.07) is 6.28. The zero-order valence-corrected chi connectivity index (χ0v) is 16.6. The Morgan fingerprint density at radius 1 is 1.41 bits per heavy atom. The molecule has 1 aliphatic rings. The van der Waals surface area contributed by atoms with E-state index in [9.17, 15) is 0 Å². The van der Waals surface area contributed by atoms with Gasteiger partial charge in [0.15, 0.2) is 5.96 Å². The highest BCUT2D eigenvalue weighted by atomic mass is 127. The second kappa shape index (κ2) is 8.04. The van der Waals surface area contributed by atoms with Crippen molar-refractivity contribution in [3.05, 3.63) is 29.3 Å². The third kappa shape index (κ3) is 4.76. The van der Waals surface area contributed by atoms with Gasteiger partial charge in [-0.3, -0.25) is 4.99 Å². The first-order valence-corrected chi connectivity index (χ1v) is 7.54. The molecule has 1 aliphatic heterocycles. The molecule has 1 N–H and O–H groups in total. The van der Waals surface area contributed by atoms with E-state index in [1.807, 2.05) is 13.1 Å². The lowest BCUT2D eigenvalue weighted by Gasteiger charge is -2.23. The maximum absolute atomic E-state index is 5.30. The summed E-state index contributed by atoms with van der Waals surface area (Å²) in [4.78, 5) is 6.76. The lowest BCUT2D eigenvalue weighted by Crippen LogP contribution is -2.40. The summed E-state index contributed by atoms with van der Waals surface area (Å²) >= 11 is 0. The van der Waals surface area contributed by atoms with E-state index in [-0.39, 0.29) is 24.0 Å². The number of likely N-dealkylation sites (tertiary alicyclic amines) is 1. The van der Waals surface area contributed by atoms with Gasteiger partial charge in [-0.05, 0) is 36.0 Å². The second-order valence-electron chi connectivity index (χ2n) is 6.54. The third-order valence-corrected chi connectivity index (χ3v) is 4.10. The molecule has 1 aromatic rings. The number of rotatable bonds is 3. The van der Waals surface area contributed by atoms with Crippen molar-refractivity contribution in [1.29, 1.82) is 0 Å². The van der Waals surface area contributed by atoms with Crippen molar-refractivity contribution in [2.45, 2.75) is 33.7 Å². The van der Waals surface area contributed by atoms with Gasteiger partial charge in [0.25, 0.3) is 0 Å². The van der Waals surface area contributed by atoms with Crippen LogP contribution in [0.25, 0.3) is 0 Å². The predicted octanol–water partition coefficient (Wildman–Crippen LogP) is 3.43. The summed E-state index contributed by atoms with van der Waals surface area (Å²) in [6.45, 7) is 9.62. The average Bonchev–Trinajstić information content (AvgIpc) is 2.80. The van der Waals surface area contributed by atoms with Gasteiger partial charge in [0.05, 0.1) is 7.11 Å². The molecule has 0 aromatic heterocycles. The van der Waals surface area contributed by atoms with E-state index in [2.05, 4.69) is 48.1 Å². The van der Waals surface area contributed by atoms with Crippen LogP contribution in [0.1, 0.15) is 31.4 Å². The molecule has 22 heavy (non-hydrogen) atoms. The first-order valence-electron chi connectivity index (χ1n) is 7.54. The van der Waals surface area contributed by atoms with E-state index in [1.165, 1.54) is 12.0 Å². The van der Waals surface area contributed by atoms with E-state index in [1.54, 1.807) is 7.11 Å². The van der Waals surface area contributed by atoms with Crippen molar-refractivity contribution < 1.29 is 4.74 Å². The van der Waals surface area contributed by atoms with Crippen LogP contribution in [0.5, 0.6) is 5.75 Å². The van der Waals surface area contributed by atoms with Crippen LogP contribution >= 0.6 is 24.0 Å². The number of halogens is 1. The highest BCUT2D eigenvalue weighted by molar-refractivity contribution is 14.0. The SMILES string of the molecule is CN=C(NCc1ccc(OC)c(C)c1)N1CCC(C)(C)C1.I. The molecule has 1 heterocycles. The van der Waals surface area contributed by atoms with Crippen molar-refractivity contribution in [3.8, 4) is 5.75 Å². The molecule has 0 unspecified atom stereocenters. The zero-order chi connectivity index (χ0) is 15.5. The van der Waals surface area contributed by atoms with Crippen LogP contribution in [-0.4, -0.2) is 38.1 Å². The van der Waals surface area contributed by atoms with Crippen molar-refractivity contribution in [2.75, 3.05) is 27.2 Å². The Bertz CT molecular complexity index is 529. The molecule has 0 bridgehead atoms. The van der Waals surface area contributed by atoms with E-state index < -0.39 is 0 Å². The molecular formula is C17H28IN3O. The number of guanidine groups is 1. The van der Waals surface area contributed by atoms with Gasteiger partial charge in [0.1, 0.15) is 5.75 Å². The molecule has 124 valence electrons. The van der Waals surface area contributed by atoms with Gasteiger partial charge in [-0.2, -0.15) is 0 Å². The molecule has 0 aliphatic carbocycles. The van der Waals surface area contributed by atoms with Crippen molar-refractivity contribution in [2.24, 2.45) is 10.4 Å². The Kier molecular flexibility index (Phi) is 6.97. The highest BCUT2D eigenvalue weighted by Crippen LogP contribution is 2.28. The highest BCUT2D eigenvalue weighted by Gasteiger charge is 2.30. The Labute approximate surface area is 151 Å². The lowest BCUT2D eigenvalue weighted by molar-refractivity contribution is 0.370. The smallest absolute Gasteiger partial charge is 0.193 e. The molecule has 5 heteroatoms. The molecule has 1 aromatic carbocycles. The second-order valence-corrected chi connectivity index (χ2v) is 6.54. The summed E-state index contributed by atoms with van der Waals surface area (Å²) in [7, 11) is 3.56. The fourth-order valence-electron chi connectivity index (χ4n) is 2.86. The fourth-order valence-corrected chi connectivity index (χ4v) is 2.86. The third-order valence-electron chi connectivity index (χ3n) is 4.10. The minimum absolute atomic E-state index is 0. The average molecular weight is 417 g/mol. The minimum Gasteiger partial charge on any atom is -0.496 e. The number of aryl methyl sites for hydroxylation is 1. The van der Waals surface area contributed by atoms with Crippen LogP contribution in [-0.2, 0) is 6.54 Å². The van der Waals surface area contributed by atoms with Gasteiger partial charge in [-0.15, -0.1) is 24.0 Å². The Morgan fingerprint density at radius 3 is 2.64 bits per heavy atom. The van der Waals surface area contributed by atoms with Crippen LogP contribution < -0.4 is 10.1 Å². The number of nitrogens with one attached hydrogen (secondary N) is 1. The largest absolute Gasteiger partial charge is 0.496 e. The summed E-state index contributed by atoms with van der Waals surface area (Å²) < 4.78 is 5.30. The molecule has 0 spiro atoms. The van der Waals surface area contributed by atoms with E-state index in [0.717, 1.165) is 36.9 Å². The Morgan fingerprint density at radius 2 is 2.14 bits per heavy atom. The number of ether oxygens (including phenoxy) is 1. The monoisotopic (exact) mass is 417 g/mol. The number of benzene rings is 1. The predicted molar refractivity (Wildman–Crippen MR) is 103 cm³/mol. The van der Waals surface area contributed by atoms with Crippen LogP contribution in [0, 0.1) is 12.3 Å². The maximum Gasteiger partial charge on any atom is 0.193 e. The minimum atomic E-state index is 0. The lowest BCUT2D eigenvalue weighted by atomic mass is 9.93. The Hall–Kier alpha value is -0.980. The van der Waals surface area contributed by atoms with Crippen LogP contribution in [0.2, 0.25) is 0 Å². The normalized spacial score (nSPS) is 17.1. The molecule has 0 saturated carbocycles. The summed E-state index contributed by atoms with van der Waals surface area (Å²) in [5.74, 6) is 1.93. The number of hydrogen-bond donors (Lipinski definition) is 1. The standard InChI is InChI=1S/C17H27N3O.HI/c1-13-10-14(6-7-15(13)21-5)11-19-16(18-4)20-9-8-17(2,3)12-20;/h6-7,10H,8-9,11-12H2,1-5H3,(H,18,19);1H. The molecular weight excluding hydrogens is 389 g/mol. The maximum atomic E-state index is 5.30. The van der Waals surface area contributed by atoms with Gasteiger partial charge in [0.2, 0.25) is 0 Å². The van der Waals surface area contributed by atoms with Gasteiger partial charge in [-0.25, -0.2) is 0 Å². The summed E-state index contributed by atoms with van der Waals surface area (Å²) in [6.07, 6.45) is 1.22. The van der Waals surface area contributed by atoms with Crippen molar-refractivity contribution >= 4 is 29.9 Å². The van der Waals surface area contributed by atoms with Crippen molar-refractivity contribution in [3.63, 3.8) is 0 Å². The molecule has 4 nitrogen and oxygen atoms in total. The molecule has 0 atom stereocenters. The molecule has 0 radical (unpaired) electrons. The van der Waals surface area contributed by atoms with Crippen molar-refractivity contribution in [1.82, 2.24) is 10.2 Å². The molecule has 2 rings (SSSR count). The van der Waals surface area contributed by atoms with Crippen LogP contribution in [0.3, 0.4) is 0 Å². The number of nitrogens with zero attached hydrogens (tertiary/aromatic N) is 2. The number of hydrogen-bond acceptors (Lipinski definition) is 2. The molecule has 1 saturated heterocycles. The fraction of sp³-hybridized carbons (Fsp3) is 0.588.